The minimum Gasteiger partial charge on any atom is -0.348 e. The molecule has 16 heavy (non-hydrogen) atoms. The summed E-state index contributed by atoms with van der Waals surface area (Å²) < 4.78 is 1.83. The number of nitrogens with one attached hydrogen (secondary N) is 1. The molecule has 0 unspecified atom stereocenters. The lowest BCUT2D eigenvalue weighted by Gasteiger charge is -2.04. The second-order valence-corrected chi connectivity index (χ2v) is 4.81. The van der Waals surface area contributed by atoms with Crippen LogP contribution in [0.4, 0.5) is 0 Å². The van der Waals surface area contributed by atoms with Crippen molar-refractivity contribution >= 4 is 5.91 Å². The molecule has 1 heterocycles. The van der Waals surface area contributed by atoms with Gasteiger partial charge in [-0.1, -0.05) is 6.92 Å². The molecule has 2 atom stereocenters. The molecule has 6 nitrogen and oxygen atoms in total. The number of carbonyl (C=O) groups is 1. The van der Waals surface area contributed by atoms with Crippen LogP contribution in [0, 0.1) is 11.8 Å². The zero-order valence-corrected chi connectivity index (χ0v) is 9.26. The first-order chi connectivity index (χ1) is 7.75. The average Bonchev–Trinajstić information content (AvgIpc) is 3.18. The Morgan fingerprint density at radius 2 is 2.31 bits per heavy atom. The van der Waals surface area contributed by atoms with E-state index in [0.717, 1.165) is 25.1 Å². The first kappa shape index (κ1) is 9.74. The number of aromatic nitrogens is 4. The molecule has 3 rings (SSSR count). The summed E-state index contributed by atoms with van der Waals surface area (Å²) in [5.41, 5.74) is 0. The summed E-state index contributed by atoms with van der Waals surface area (Å²) in [4.78, 5) is 11.6. The van der Waals surface area contributed by atoms with E-state index in [1.165, 1.54) is 0 Å². The van der Waals surface area contributed by atoms with E-state index in [1.807, 2.05) is 4.68 Å². The zero-order valence-electron chi connectivity index (χ0n) is 9.26. The first-order valence-corrected chi connectivity index (χ1v) is 5.80. The van der Waals surface area contributed by atoms with E-state index in [0.29, 0.717) is 18.5 Å². The maximum atomic E-state index is 11.6. The Labute approximate surface area is 93.4 Å². The van der Waals surface area contributed by atoms with Gasteiger partial charge < -0.3 is 5.32 Å². The van der Waals surface area contributed by atoms with Crippen molar-refractivity contribution in [2.75, 3.05) is 0 Å². The zero-order chi connectivity index (χ0) is 11.1. The van der Waals surface area contributed by atoms with Crippen LogP contribution in [0.3, 0.4) is 0 Å². The highest BCUT2D eigenvalue weighted by Gasteiger charge is 2.39. The van der Waals surface area contributed by atoms with Crippen molar-refractivity contribution in [3.05, 3.63) is 5.82 Å². The highest BCUT2D eigenvalue weighted by atomic mass is 16.2. The van der Waals surface area contributed by atoms with Gasteiger partial charge in [-0.05, 0) is 35.6 Å². The lowest BCUT2D eigenvalue weighted by atomic mass is 10.3. The molecule has 86 valence electrons. The monoisotopic (exact) mass is 221 g/mol. The van der Waals surface area contributed by atoms with Crippen LogP contribution in [0.25, 0.3) is 0 Å². The lowest BCUT2D eigenvalue weighted by Crippen LogP contribution is -2.26. The lowest BCUT2D eigenvalue weighted by molar-refractivity contribution is -0.122. The van der Waals surface area contributed by atoms with Crippen LogP contribution in [-0.2, 0) is 11.3 Å². The number of tetrazole rings is 1. The molecule has 1 amide bonds. The molecule has 0 aromatic carbocycles. The van der Waals surface area contributed by atoms with Gasteiger partial charge in [0.2, 0.25) is 5.91 Å². The molecule has 0 saturated heterocycles. The molecule has 2 aliphatic rings. The van der Waals surface area contributed by atoms with Gasteiger partial charge in [0.1, 0.15) is 0 Å². The standard InChI is InChI=1S/C10H15N5O/c1-6-4-8(6)10(16)11-5-9-12-13-14-15(9)7-2-3-7/h6-8H,2-5H2,1H3,(H,11,16)/t6-,8+/m1/s1. The topological polar surface area (TPSA) is 72.7 Å². The smallest absolute Gasteiger partial charge is 0.223 e. The first-order valence-electron chi connectivity index (χ1n) is 5.80. The molecule has 2 aliphatic carbocycles. The highest BCUT2D eigenvalue weighted by molar-refractivity contribution is 5.81. The number of hydrogen-bond donors (Lipinski definition) is 1. The van der Waals surface area contributed by atoms with Gasteiger partial charge in [-0.2, -0.15) is 0 Å². The molecule has 1 aromatic rings. The second-order valence-electron chi connectivity index (χ2n) is 4.81. The van der Waals surface area contributed by atoms with E-state index in [2.05, 4.69) is 27.8 Å². The fourth-order valence-electron chi connectivity index (χ4n) is 1.92. The van der Waals surface area contributed by atoms with E-state index < -0.39 is 0 Å². The van der Waals surface area contributed by atoms with Crippen molar-refractivity contribution in [3.8, 4) is 0 Å². The molecule has 1 N–H and O–H groups in total. The van der Waals surface area contributed by atoms with Gasteiger partial charge in [0, 0.05) is 5.92 Å². The molecule has 6 heteroatoms. The van der Waals surface area contributed by atoms with Crippen LogP contribution in [0.1, 0.15) is 38.1 Å². The van der Waals surface area contributed by atoms with Gasteiger partial charge in [-0.25, -0.2) is 4.68 Å². The van der Waals surface area contributed by atoms with Crippen LogP contribution >= 0.6 is 0 Å². The van der Waals surface area contributed by atoms with E-state index >= 15 is 0 Å². The minimum absolute atomic E-state index is 0.137. The number of amides is 1. The van der Waals surface area contributed by atoms with E-state index in [1.54, 1.807) is 0 Å². The number of nitrogens with zero attached hydrogens (tertiary/aromatic N) is 4. The molecule has 0 radical (unpaired) electrons. The number of carbonyl (C=O) groups excluding carboxylic acids is 1. The Morgan fingerprint density at radius 3 is 2.94 bits per heavy atom. The fourth-order valence-corrected chi connectivity index (χ4v) is 1.92. The molecule has 0 aliphatic heterocycles. The van der Waals surface area contributed by atoms with Gasteiger partial charge in [0.15, 0.2) is 5.82 Å². The Kier molecular flexibility index (Phi) is 2.15. The summed E-state index contributed by atoms with van der Waals surface area (Å²) >= 11 is 0. The number of rotatable bonds is 4. The van der Waals surface area contributed by atoms with Gasteiger partial charge in [0.05, 0.1) is 12.6 Å². The summed E-state index contributed by atoms with van der Waals surface area (Å²) in [6, 6.07) is 0.460. The minimum atomic E-state index is 0.137. The van der Waals surface area contributed by atoms with Crippen LogP contribution in [0.2, 0.25) is 0 Å². The SMILES string of the molecule is C[C@@H]1C[C@@H]1C(=O)NCc1nnnn1C1CC1. The largest absolute Gasteiger partial charge is 0.348 e. The fraction of sp³-hybridized carbons (Fsp3) is 0.800. The maximum Gasteiger partial charge on any atom is 0.223 e. The third-order valence-electron chi connectivity index (χ3n) is 3.32. The van der Waals surface area contributed by atoms with E-state index in [9.17, 15) is 4.79 Å². The van der Waals surface area contributed by atoms with Crippen LogP contribution in [0.15, 0.2) is 0 Å². The van der Waals surface area contributed by atoms with E-state index in [4.69, 9.17) is 0 Å². The number of hydrogen-bond acceptors (Lipinski definition) is 4. The Morgan fingerprint density at radius 1 is 1.56 bits per heavy atom. The summed E-state index contributed by atoms with van der Waals surface area (Å²) in [6.07, 6.45) is 3.30. The molecular formula is C10H15N5O. The quantitative estimate of drug-likeness (QED) is 0.792. The van der Waals surface area contributed by atoms with Crippen molar-refractivity contribution in [1.82, 2.24) is 25.5 Å². The van der Waals surface area contributed by atoms with Crippen molar-refractivity contribution in [2.45, 2.75) is 38.8 Å². The average molecular weight is 221 g/mol. The maximum absolute atomic E-state index is 11.6. The third-order valence-corrected chi connectivity index (χ3v) is 3.32. The van der Waals surface area contributed by atoms with Crippen molar-refractivity contribution in [3.63, 3.8) is 0 Å². The van der Waals surface area contributed by atoms with E-state index in [-0.39, 0.29) is 11.8 Å². The highest BCUT2D eigenvalue weighted by Crippen LogP contribution is 2.37. The second kappa shape index (κ2) is 3.54. The van der Waals surface area contributed by atoms with Crippen LogP contribution in [0.5, 0.6) is 0 Å². The summed E-state index contributed by atoms with van der Waals surface area (Å²) in [6.45, 7) is 2.55. The Balaban J connectivity index is 1.57. The summed E-state index contributed by atoms with van der Waals surface area (Å²) in [5, 5.41) is 14.4. The molecule has 1 aromatic heterocycles. The summed E-state index contributed by atoms with van der Waals surface area (Å²) in [5.74, 6) is 1.66. The Bertz CT molecular complexity index is 411. The van der Waals surface area contributed by atoms with Gasteiger partial charge >= 0.3 is 0 Å². The Hall–Kier alpha value is -1.46. The predicted octanol–water partition coefficient (Wildman–Crippen LogP) is 0.280. The van der Waals surface area contributed by atoms with Crippen LogP contribution < -0.4 is 5.32 Å². The normalized spacial score (nSPS) is 27.8. The molecular weight excluding hydrogens is 206 g/mol. The third kappa shape index (κ3) is 1.79. The van der Waals surface area contributed by atoms with Crippen molar-refractivity contribution < 1.29 is 4.79 Å². The molecule has 2 fully saturated rings. The van der Waals surface area contributed by atoms with Gasteiger partial charge in [-0.15, -0.1) is 5.10 Å². The van der Waals surface area contributed by atoms with Crippen LogP contribution in [-0.4, -0.2) is 26.1 Å². The van der Waals surface area contributed by atoms with Crippen molar-refractivity contribution in [1.29, 1.82) is 0 Å². The van der Waals surface area contributed by atoms with Gasteiger partial charge in [-0.3, -0.25) is 4.79 Å². The molecule has 0 spiro atoms. The molecule has 0 bridgehead atoms. The summed E-state index contributed by atoms with van der Waals surface area (Å²) in [7, 11) is 0. The van der Waals surface area contributed by atoms with Gasteiger partial charge in [0.25, 0.3) is 0 Å². The molecule has 2 saturated carbocycles. The van der Waals surface area contributed by atoms with Crippen molar-refractivity contribution in [2.24, 2.45) is 11.8 Å². The predicted molar refractivity (Wildman–Crippen MR) is 55.2 cm³/mol.